The van der Waals surface area contributed by atoms with Gasteiger partial charge in [0, 0.05) is 21.9 Å². The van der Waals surface area contributed by atoms with Crippen LogP contribution in [-0.2, 0) is 5.41 Å². The van der Waals surface area contributed by atoms with Crippen LogP contribution in [0.15, 0.2) is 188 Å². The first-order valence-corrected chi connectivity index (χ1v) is 18.2. The largest absolute Gasteiger partial charge is 0.309 e. The van der Waals surface area contributed by atoms with Crippen LogP contribution in [0.1, 0.15) is 25.0 Å². The molecule has 0 spiro atoms. The van der Waals surface area contributed by atoms with Crippen LogP contribution in [0, 0.1) is 0 Å². The lowest BCUT2D eigenvalue weighted by Crippen LogP contribution is -2.14. The zero-order valence-corrected chi connectivity index (χ0v) is 29.3. The minimum atomic E-state index is 0.00509. The first kappa shape index (κ1) is 30.4. The summed E-state index contributed by atoms with van der Waals surface area (Å²) in [7, 11) is 0. The van der Waals surface area contributed by atoms with Crippen molar-refractivity contribution in [3.63, 3.8) is 0 Å². The van der Waals surface area contributed by atoms with E-state index in [1.54, 1.807) is 0 Å². The maximum atomic E-state index is 2.42. The van der Waals surface area contributed by atoms with Crippen molar-refractivity contribution in [3.8, 4) is 61.3 Å². The maximum absolute atomic E-state index is 2.42. The molecule has 1 nitrogen and oxygen atoms in total. The molecule has 0 bridgehead atoms. The highest BCUT2D eigenvalue weighted by Gasteiger charge is 2.35. The van der Waals surface area contributed by atoms with E-state index in [0.29, 0.717) is 0 Å². The van der Waals surface area contributed by atoms with Crippen molar-refractivity contribution in [2.45, 2.75) is 19.3 Å². The summed E-state index contributed by atoms with van der Waals surface area (Å²) in [6.07, 6.45) is 0. The molecular weight excluding hydrogens is 627 g/mol. The van der Waals surface area contributed by atoms with Crippen LogP contribution in [0.25, 0.3) is 83.1 Å². The lowest BCUT2D eigenvalue weighted by atomic mass is 9.82. The minimum Gasteiger partial charge on any atom is -0.309 e. The zero-order valence-electron chi connectivity index (χ0n) is 29.3. The van der Waals surface area contributed by atoms with Crippen LogP contribution < -0.4 is 0 Å². The normalized spacial score (nSPS) is 13.0. The molecule has 0 radical (unpaired) electrons. The number of nitrogens with zero attached hydrogens (tertiary/aromatic N) is 1. The van der Waals surface area contributed by atoms with E-state index in [4.69, 9.17) is 0 Å². The molecule has 0 N–H and O–H groups in total. The molecule has 1 aromatic heterocycles. The average Bonchev–Trinajstić information content (AvgIpc) is 3.66. The number of para-hydroxylation sites is 1. The van der Waals surface area contributed by atoms with E-state index < -0.39 is 0 Å². The summed E-state index contributed by atoms with van der Waals surface area (Å²) in [6, 6.07) is 69.1. The number of hydrogen-bond donors (Lipinski definition) is 0. The first-order chi connectivity index (χ1) is 25.5. The van der Waals surface area contributed by atoms with Crippen molar-refractivity contribution < 1.29 is 0 Å². The monoisotopic (exact) mass is 663 g/mol. The fourth-order valence-corrected chi connectivity index (χ4v) is 8.54. The summed E-state index contributed by atoms with van der Waals surface area (Å²) in [6.45, 7) is 4.68. The van der Waals surface area contributed by atoms with Crippen LogP contribution in [0.2, 0.25) is 0 Å². The third-order valence-electron chi connectivity index (χ3n) is 11.2. The van der Waals surface area contributed by atoms with Gasteiger partial charge >= 0.3 is 0 Å². The molecule has 1 heteroatoms. The van der Waals surface area contributed by atoms with Gasteiger partial charge in [-0.15, -0.1) is 0 Å². The molecular formula is C51H37N. The van der Waals surface area contributed by atoms with Crippen molar-refractivity contribution >= 4 is 21.8 Å². The summed E-state index contributed by atoms with van der Waals surface area (Å²) in [5.41, 5.74) is 18.9. The first-order valence-electron chi connectivity index (χ1n) is 18.2. The molecule has 1 heterocycles. The van der Waals surface area contributed by atoms with Crippen LogP contribution >= 0.6 is 0 Å². The van der Waals surface area contributed by atoms with E-state index in [1.807, 2.05) is 0 Å². The molecule has 0 aliphatic heterocycles. The Morgan fingerprint density at radius 3 is 1.62 bits per heavy atom. The topological polar surface area (TPSA) is 4.93 Å². The van der Waals surface area contributed by atoms with Crippen molar-refractivity contribution in [2.24, 2.45) is 0 Å². The summed E-state index contributed by atoms with van der Waals surface area (Å²) >= 11 is 0. The predicted molar refractivity (Wildman–Crippen MR) is 220 cm³/mol. The van der Waals surface area contributed by atoms with Gasteiger partial charge in [-0.1, -0.05) is 153 Å². The number of fused-ring (bicyclic) bond motifs is 6. The number of benzene rings is 8. The molecule has 246 valence electrons. The molecule has 10 rings (SSSR count). The van der Waals surface area contributed by atoms with Gasteiger partial charge in [0.1, 0.15) is 0 Å². The molecule has 52 heavy (non-hydrogen) atoms. The molecule has 0 amide bonds. The minimum absolute atomic E-state index is 0.00509. The standard InChI is InChI=1S/C51H37N/c1-51(2)47-23-8-6-21-43(47)45-32-40(25-27-48(45)51)41-26-28-50-46(33-41)44-22-7-9-24-49(44)52(50)42-20-12-19-39(31-42)38-18-11-17-37(30-38)36-16-10-15-35(29-36)34-13-4-3-5-14-34/h3-33H,1-2H3. The highest BCUT2D eigenvalue weighted by Crippen LogP contribution is 2.49. The summed E-state index contributed by atoms with van der Waals surface area (Å²) in [4.78, 5) is 0. The Kier molecular flexibility index (Phi) is 6.91. The second kappa shape index (κ2) is 11.8. The molecule has 1 aliphatic rings. The Hall–Kier alpha value is -6.44. The van der Waals surface area contributed by atoms with E-state index in [9.17, 15) is 0 Å². The highest BCUT2D eigenvalue weighted by atomic mass is 15.0. The molecule has 0 saturated carbocycles. The lowest BCUT2D eigenvalue weighted by Gasteiger charge is -2.21. The van der Waals surface area contributed by atoms with Gasteiger partial charge in [-0.2, -0.15) is 0 Å². The Morgan fingerprint density at radius 2 is 0.846 bits per heavy atom. The molecule has 0 unspecified atom stereocenters. The molecule has 8 aromatic carbocycles. The van der Waals surface area contributed by atoms with Crippen molar-refractivity contribution in [1.29, 1.82) is 0 Å². The van der Waals surface area contributed by atoms with Gasteiger partial charge in [0.05, 0.1) is 11.0 Å². The fraction of sp³-hybridized carbons (Fsp3) is 0.0588. The van der Waals surface area contributed by atoms with E-state index in [2.05, 4.69) is 206 Å². The second-order valence-electron chi connectivity index (χ2n) is 14.6. The molecule has 9 aromatic rings. The molecule has 0 atom stereocenters. The smallest absolute Gasteiger partial charge is 0.0541 e. The average molecular weight is 664 g/mol. The quantitative estimate of drug-likeness (QED) is 0.173. The van der Waals surface area contributed by atoms with Crippen molar-refractivity contribution in [3.05, 3.63) is 199 Å². The van der Waals surface area contributed by atoms with Gasteiger partial charge in [-0.3, -0.25) is 0 Å². The van der Waals surface area contributed by atoms with E-state index in [-0.39, 0.29) is 5.41 Å². The Bertz CT molecular complexity index is 2810. The maximum Gasteiger partial charge on any atom is 0.0541 e. The van der Waals surface area contributed by atoms with E-state index in [0.717, 1.165) is 5.69 Å². The zero-order chi connectivity index (χ0) is 34.8. The van der Waals surface area contributed by atoms with Gasteiger partial charge in [0.25, 0.3) is 0 Å². The van der Waals surface area contributed by atoms with Gasteiger partial charge < -0.3 is 4.57 Å². The van der Waals surface area contributed by atoms with Crippen LogP contribution in [0.3, 0.4) is 0 Å². The van der Waals surface area contributed by atoms with Gasteiger partial charge in [0.2, 0.25) is 0 Å². The number of aromatic nitrogens is 1. The van der Waals surface area contributed by atoms with Gasteiger partial charge in [-0.05, 0) is 115 Å². The number of hydrogen-bond acceptors (Lipinski definition) is 0. The third kappa shape index (κ3) is 4.85. The number of rotatable bonds is 5. The van der Waals surface area contributed by atoms with Crippen molar-refractivity contribution in [2.75, 3.05) is 0 Å². The Morgan fingerprint density at radius 1 is 0.327 bits per heavy atom. The highest BCUT2D eigenvalue weighted by molar-refractivity contribution is 6.10. The summed E-state index contributed by atoms with van der Waals surface area (Å²) < 4.78 is 2.42. The van der Waals surface area contributed by atoms with Gasteiger partial charge in [0.15, 0.2) is 0 Å². The summed E-state index contributed by atoms with van der Waals surface area (Å²) in [5.74, 6) is 0. The van der Waals surface area contributed by atoms with Crippen molar-refractivity contribution in [1.82, 2.24) is 4.57 Å². The third-order valence-corrected chi connectivity index (χ3v) is 11.2. The SMILES string of the molecule is CC1(C)c2ccccc2-c2cc(-c3ccc4c(c3)c3ccccc3n4-c3cccc(-c4cccc(-c5cccc(-c6ccccc6)c5)c4)c3)ccc21. The van der Waals surface area contributed by atoms with Crippen LogP contribution in [0.4, 0.5) is 0 Å². The fourth-order valence-electron chi connectivity index (χ4n) is 8.54. The van der Waals surface area contributed by atoms with Crippen LogP contribution in [0.5, 0.6) is 0 Å². The molecule has 0 fully saturated rings. The van der Waals surface area contributed by atoms with E-state index in [1.165, 1.54) is 88.6 Å². The lowest BCUT2D eigenvalue weighted by molar-refractivity contribution is 0.660. The molecule has 1 aliphatic carbocycles. The Labute approximate surface area is 305 Å². The second-order valence-corrected chi connectivity index (χ2v) is 14.6. The predicted octanol–water partition coefficient (Wildman–Crippen LogP) is 13.8. The van der Waals surface area contributed by atoms with Crippen LogP contribution in [-0.4, -0.2) is 4.57 Å². The summed E-state index contributed by atoms with van der Waals surface area (Å²) in [5, 5.41) is 2.53. The van der Waals surface area contributed by atoms with Gasteiger partial charge in [-0.25, -0.2) is 0 Å². The Balaban J connectivity index is 1.05. The van der Waals surface area contributed by atoms with E-state index >= 15 is 0 Å². The molecule has 0 saturated heterocycles.